The first-order valence-corrected chi connectivity index (χ1v) is 11.2. The standard InChI is InChI=1S/C22H17F3N4O5S/c23-22(24,25)17-7-4-6-16(12-17)14-26-27-21(30)15-28(18-8-5-9-19(13-18)29(31)32)35(33,34)20-10-2-1-3-11-20/h1-14H,15H2,(H,27,30)/b26-14-. The Morgan fingerprint density at radius 2 is 1.71 bits per heavy atom. The molecule has 1 N–H and O–H groups in total. The lowest BCUT2D eigenvalue weighted by atomic mass is 10.1. The minimum atomic E-state index is -4.56. The van der Waals surface area contributed by atoms with Gasteiger partial charge in [0.15, 0.2) is 0 Å². The number of anilines is 1. The minimum absolute atomic E-state index is 0.0487. The Labute approximate surface area is 197 Å². The summed E-state index contributed by atoms with van der Waals surface area (Å²) in [5.74, 6) is -0.931. The number of nitro groups is 1. The first-order valence-electron chi connectivity index (χ1n) is 9.80. The summed E-state index contributed by atoms with van der Waals surface area (Å²) < 4.78 is 65.6. The minimum Gasteiger partial charge on any atom is -0.271 e. The van der Waals surface area contributed by atoms with E-state index in [0.29, 0.717) is 4.31 Å². The Morgan fingerprint density at radius 3 is 2.37 bits per heavy atom. The number of carbonyl (C=O) groups is 1. The number of nitrogens with zero attached hydrogens (tertiary/aromatic N) is 3. The van der Waals surface area contributed by atoms with Crippen LogP contribution in [0.25, 0.3) is 0 Å². The number of nitrogens with one attached hydrogen (secondary N) is 1. The van der Waals surface area contributed by atoms with Gasteiger partial charge in [-0.25, -0.2) is 13.8 Å². The first kappa shape index (κ1) is 25.4. The lowest BCUT2D eigenvalue weighted by Crippen LogP contribution is -2.39. The number of carbonyl (C=O) groups excluding carboxylic acids is 1. The number of amides is 1. The third kappa shape index (κ3) is 6.41. The summed E-state index contributed by atoms with van der Waals surface area (Å²) >= 11 is 0. The van der Waals surface area contributed by atoms with E-state index in [4.69, 9.17) is 0 Å². The van der Waals surface area contributed by atoms with Crippen molar-refractivity contribution in [1.29, 1.82) is 0 Å². The van der Waals surface area contributed by atoms with Gasteiger partial charge in [0.25, 0.3) is 21.6 Å². The van der Waals surface area contributed by atoms with Gasteiger partial charge >= 0.3 is 6.18 Å². The largest absolute Gasteiger partial charge is 0.416 e. The molecule has 0 unspecified atom stereocenters. The van der Waals surface area contributed by atoms with E-state index >= 15 is 0 Å². The van der Waals surface area contributed by atoms with Crippen molar-refractivity contribution in [2.75, 3.05) is 10.8 Å². The molecular formula is C22H17F3N4O5S. The summed E-state index contributed by atoms with van der Waals surface area (Å²) in [6.45, 7) is -0.807. The number of hydrogen-bond donors (Lipinski definition) is 1. The maximum atomic E-state index is 13.2. The van der Waals surface area contributed by atoms with Crippen LogP contribution in [0.5, 0.6) is 0 Å². The van der Waals surface area contributed by atoms with Gasteiger partial charge in [-0.15, -0.1) is 0 Å². The second kappa shape index (κ2) is 10.3. The topological polar surface area (TPSA) is 122 Å². The normalized spacial score (nSPS) is 11.9. The fourth-order valence-electron chi connectivity index (χ4n) is 2.94. The van der Waals surface area contributed by atoms with E-state index in [1.807, 2.05) is 0 Å². The van der Waals surface area contributed by atoms with Crippen LogP contribution in [0.15, 0.2) is 88.9 Å². The summed E-state index contributed by atoms with van der Waals surface area (Å²) in [5.41, 5.74) is 0.675. The smallest absolute Gasteiger partial charge is 0.271 e. The molecule has 0 aliphatic rings. The monoisotopic (exact) mass is 506 g/mol. The summed E-state index contributed by atoms with van der Waals surface area (Å²) in [5, 5.41) is 14.7. The second-order valence-electron chi connectivity index (χ2n) is 7.02. The van der Waals surface area contributed by atoms with Crippen LogP contribution >= 0.6 is 0 Å². The number of hydrogen-bond acceptors (Lipinski definition) is 6. The van der Waals surface area contributed by atoms with Crippen LogP contribution in [0.2, 0.25) is 0 Å². The number of non-ortho nitro benzene ring substituents is 1. The van der Waals surface area contributed by atoms with Gasteiger partial charge in [-0.05, 0) is 35.9 Å². The summed E-state index contributed by atoms with van der Waals surface area (Å²) in [6.07, 6.45) is -3.59. The zero-order chi connectivity index (χ0) is 25.6. The maximum absolute atomic E-state index is 13.2. The van der Waals surface area contributed by atoms with E-state index in [1.54, 1.807) is 6.07 Å². The third-order valence-corrected chi connectivity index (χ3v) is 6.35. The molecule has 0 bridgehead atoms. The van der Waals surface area contributed by atoms with Crippen molar-refractivity contribution in [3.05, 3.63) is 100 Å². The SMILES string of the molecule is O=C(CN(c1cccc([N+](=O)[O-])c1)S(=O)(=O)c1ccccc1)N/N=C\c1cccc(C(F)(F)F)c1. The van der Waals surface area contributed by atoms with Gasteiger partial charge in [-0.2, -0.15) is 18.3 Å². The Bertz CT molecular complexity index is 1360. The molecule has 1 amide bonds. The molecule has 0 spiro atoms. The summed E-state index contributed by atoms with van der Waals surface area (Å²) in [6, 6.07) is 16.0. The average molecular weight is 506 g/mol. The van der Waals surface area contributed by atoms with Crippen LogP contribution in [0.3, 0.4) is 0 Å². The number of benzene rings is 3. The van der Waals surface area contributed by atoms with Crippen molar-refractivity contribution in [2.24, 2.45) is 5.10 Å². The number of hydrazone groups is 1. The van der Waals surface area contributed by atoms with Gasteiger partial charge in [0.05, 0.1) is 27.3 Å². The number of nitro benzene ring substituents is 1. The molecule has 3 aromatic rings. The van der Waals surface area contributed by atoms with Crippen LogP contribution in [0, 0.1) is 10.1 Å². The van der Waals surface area contributed by atoms with Crippen molar-refractivity contribution in [3.63, 3.8) is 0 Å². The quantitative estimate of drug-likeness (QED) is 0.282. The van der Waals surface area contributed by atoms with Crippen molar-refractivity contribution in [2.45, 2.75) is 11.1 Å². The number of halogens is 3. The first-order chi connectivity index (χ1) is 16.5. The van der Waals surface area contributed by atoms with Crippen molar-refractivity contribution in [1.82, 2.24) is 5.43 Å². The fraction of sp³-hybridized carbons (Fsp3) is 0.0909. The molecule has 3 aromatic carbocycles. The van der Waals surface area contributed by atoms with E-state index in [9.17, 15) is 36.5 Å². The van der Waals surface area contributed by atoms with Crippen LogP contribution < -0.4 is 9.73 Å². The predicted octanol–water partition coefficient (Wildman–Crippen LogP) is 3.96. The Balaban J connectivity index is 1.85. The Morgan fingerprint density at radius 1 is 1.03 bits per heavy atom. The van der Waals surface area contributed by atoms with Crippen LogP contribution in [-0.2, 0) is 21.0 Å². The molecule has 0 fully saturated rings. The Kier molecular flexibility index (Phi) is 7.49. The molecule has 0 aliphatic heterocycles. The second-order valence-corrected chi connectivity index (χ2v) is 8.88. The van der Waals surface area contributed by atoms with Crippen molar-refractivity contribution >= 4 is 33.5 Å². The van der Waals surface area contributed by atoms with E-state index in [1.165, 1.54) is 48.5 Å². The molecule has 0 radical (unpaired) electrons. The lowest BCUT2D eigenvalue weighted by molar-refractivity contribution is -0.384. The molecule has 182 valence electrons. The fourth-order valence-corrected chi connectivity index (χ4v) is 4.37. The number of alkyl halides is 3. The van der Waals surface area contributed by atoms with E-state index in [-0.39, 0.29) is 16.1 Å². The summed E-state index contributed by atoms with van der Waals surface area (Å²) in [4.78, 5) is 22.8. The zero-order valence-electron chi connectivity index (χ0n) is 17.7. The summed E-state index contributed by atoms with van der Waals surface area (Å²) in [7, 11) is -4.32. The van der Waals surface area contributed by atoms with Crippen molar-refractivity contribution < 1.29 is 31.3 Å². The van der Waals surface area contributed by atoms with E-state index < -0.39 is 44.8 Å². The third-order valence-electron chi connectivity index (χ3n) is 4.56. The highest BCUT2D eigenvalue weighted by Crippen LogP contribution is 2.29. The Hall–Kier alpha value is -4.26. The number of sulfonamides is 1. The molecule has 0 saturated carbocycles. The van der Waals surface area contributed by atoms with Gasteiger partial charge in [-0.1, -0.05) is 36.4 Å². The molecule has 0 aliphatic carbocycles. The van der Waals surface area contributed by atoms with Gasteiger partial charge < -0.3 is 0 Å². The van der Waals surface area contributed by atoms with Crippen LogP contribution in [0.1, 0.15) is 11.1 Å². The molecule has 13 heteroatoms. The van der Waals surface area contributed by atoms with E-state index in [0.717, 1.165) is 30.5 Å². The molecule has 9 nitrogen and oxygen atoms in total. The average Bonchev–Trinajstić information content (AvgIpc) is 2.82. The maximum Gasteiger partial charge on any atom is 0.416 e. The highest BCUT2D eigenvalue weighted by atomic mass is 32.2. The number of rotatable bonds is 8. The molecule has 0 aromatic heterocycles. The molecule has 0 saturated heterocycles. The molecule has 35 heavy (non-hydrogen) atoms. The van der Waals surface area contributed by atoms with Crippen LogP contribution in [-0.4, -0.2) is 32.0 Å². The highest BCUT2D eigenvalue weighted by molar-refractivity contribution is 7.92. The molecule has 3 rings (SSSR count). The molecule has 0 atom stereocenters. The van der Waals surface area contributed by atoms with Crippen LogP contribution in [0.4, 0.5) is 24.5 Å². The van der Waals surface area contributed by atoms with Gasteiger partial charge in [0.1, 0.15) is 6.54 Å². The van der Waals surface area contributed by atoms with Crippen molar-refractivity contribution in [3.8, 4) is 0 Å². The van der Waals surface area contributed by atoms with Gasteiger partial charge in [0.2, 0.25) is 0 Å². The van der Waals surface area contributed by atoms with Gasteiger partial charge in [-0.3, -0.25) is 19.2 Å². The molecular weight excluding hydrogens is 489 g/mol. The zero-order valence-corrected chi connectivity index (χ0v) is 18.5. The van der Waals surface area contributed by atoms with E-state index in [2.05, 4.69) is 10.5 Å². The van der Waals surface area contributed by atoms with Gasteiger partial charge in [0, 0.05) is 12.1 Å². The predicted molar refractivity (Wildman–Crippen MR) is 121 cm³/mol. The highest BCUT2D eigenvalue weighted by Gasteiger charge is 2.30. The molecule has 0 heterocycles. The lowest BCUT2D eigenvalue weighted by Gasteiger charge is -2.23.